The number of aromatic carboxylic acids is 1. The van der Waals surface area contributed by atoms with Gasteiger partial charge in [0.2, 0.25) is 0 Å². The van der Waals surface area contributed by atoms with Gasteiger partial charge in [0.1, 0.15) is 5.56 Å². The number of carboxylic acids is 1. The number of anilines is 1. The highest BCUT2D eigenvalue weighted by molar-refractivity contribution is 5.94. The first-order chi connectivity index (χ1) is 7.56. The number of carboxylic acid groups (broad SMARTS) is 1. The zero-order valence-corrected chi connectivity index (χ0v) is 9.60. The SMILES string of the molecule is C=C(C)CN(CC)c1ccncc1C(=O)O. The van der Waals surface area contributed by atoms with Gasteiger partial charge in [-0.1, -0.05) is 12.2 Å². The van der Waals surface area contributed by atoms with Gasteiger partial charge in [-0.25, -0.2) is 4.79 Å². The number of pyridine rings is 1. The summed E-state index contributed by atoms with van der Waals surface area (Å²) in [5.74, 6) is -0.955. The Morgan fingerprint density at radius 2 is 2.31 bits per heavy atom. The van der Waals surface area contributed by atoms with E-state index in [-0.39, 0.29) is 5.56 Å². The molecule has 0 atom stereocenters. The van der Waals surface area contributed by atoms with Crippen LogP contribution in [-0.4, -0.2) is 29.1 Å². The van der Waals surface area contributed by atoms with Crippen molar-refractivity contribution in [1.82, 2.24) is 4.98 Å². The van der Waals surface area contributed by atoms with Crippen LogP contribution < -0.4 is 4.90 Å². The number of carbonyl (C=O) groups is 1. The summed E-state index contributed by atoms with van der Waals surface area (Å²) >= 11 is 0. The lowest BCUT2D eigenvalue weighted by atomic mass is 10.2. The van der Waals surface area contributed by atoms with Crippen LogP contribution in [0.5, 0.6) is 0 Å². The quantitative estimate of drug-likeness (QED) is 0.773. The van der Waals surface area contributed by atoms with Gasteiger partial charge in [0, 0.05) is 25.5 Å². The van der Waals surface area contributed by atoms with Gasteiger partial charge in [0.15, 0.2) is 0 Å². The van der Waals surface area contributed by atoms with E-state index in [0.717, 1.165) is 12.1 Å². The third-order valence-electron chi connectivity index (χ3n) is 2.21. The molecule has 0 aliphatic rings. The highest BCUT2D eigenvalue weighted by atomic mass is 16.4. The van der Waals surface area contributed by atoms with Crippen LogP contribution in [0.4, 0.5) is 5.69 Å². The minimum absolute atomic E-state index is 0.227. The van der Waals surface area contributed by atoms with Gasteiger partial charge in [-0.2, -0.15) is 0 Å². The number of nitrogens with zero attached hydrogens (tertiary/aromatic N) is 2. The maximum atomic E-state index is 11.0. The monoisotopic (exact) mass is 220 g/mol. The molecular weight excluding hydrogens is 204 g/mol. The second-order valence-electron chi connectivity index (χ2n) is 3.67. The summed E-state index contributed by atoms with van der Waals surface area (Å²) in [6, 6.07) is 1.72. The Balaban J connectivity index is 3.08. The molecule has 1 aromatic heterocycles. The first kappa shape index (κ1) is 12.2. The van der Waals surface area contributed by atoms with Crippen LogP contribution in [0, 0.1) is 0 Å². The highest BCUT2D eigenvalue weighted by Crippen LogP contribution is 2.19. The molecule has 4 heteroatoms. The van der Waals surface area contributed by atoms with Gasteiger partial charge in [-0.3, -0.25) is 4.98 Å². The van der Waals surface area contributed by atoms with Crippen LogP contribution >= 0.6 is 0 Å². The third kappa shape index (κ3) is 2.82. The van der Waals surface area contributed by atoms with Crippen molar-refractivity contribution in [2.75, 3.05) is 18.0 Å². The van der Waals surface area contributed by atoms with Crippen molar-refractivity contribution in [3.63, 3.8) is 0 Å². The molecule has 4 nitrogen and oxygen atoms in total. The van der Waals surface area contributed by atoms with Crippen LogP contribution in [0.3, 0.4) is 0 Å². The van der Waals surface area contributed by atoms with Crippen molar-refractivity contribution < 1.29 is 9.90 Å². The van der Waals surface area contributed by atoms with Crippen molar-refractivity contribution in [1.29, 1.82) is 0 Å². The fourth-order valence-corrected chi connectivity index (χ4v) is 1.52. The van der Waals surface area contributed by atoms with Crippen LogP contribution in [-0.2, 0) is 0 Å². The van der Waals surface area contributed by atoms with Crippen LogP contribution in [0.15, 0.2) is 30.6 Å². The molecule has 0 fully saturated rings. The van der Waals surface area contributed by atoms with E-state index < -0.39 is 5.97 Å². The van der Waals surface area contributed by atoms with Crippen LogP contribution in [0.25, 0.3) is 0 Å². The van der Waals surface area contributed by atoms with Crippen molar-refractivity contribution >= 4 is 11.7 Å². The van der Waals surface area contributed by atoms with E-state index in [1.807, 2.05) is 18.7 Å². The van der Waals surface area contributed by atoms with Gasteiger partial charge in [0.05, 0.1) is 5.69 Å². The molecule has 0 bridgehead atoms. The van der Waals surface area contributed by atoms with Gasteiger partial charge < -0.3 is 10.0 Å². The standard InChI is InChI=1S/C12H16N2O2/c1-4-14(8-9(2)3)11-5-6-13-7-10(11)12(15)16/h5-7H,2,4,8H2,1,3H3,(H,15,16). The lowest BCUT2D eigenvalue weighted by molar-refractivity contribution is 0.0697. The van der Waals surface area contributed by atoms with E-state index in [9.17, 15) is 4.79 Å². The van der Waals surface area contributed by atoms with Crippen molar-refractivity contribution in [2.45, 2.75) is 13.8 Å². The third-order valence-corrected chi connectivity index (χ3v) is 2.21. The van der Waals surface area contributed by atoms with E-state index in [2.05, 4.69) is 11.6 Å². The molecule has 0 aliphatic heterocycles. The zero-order chi connectivity index (χ0) is 12.1. The lowest BCUT2D eigenvalue weighted by Crippen LogP contribution is -2.26. The average Bonchev–Trinajstić information content (AvgIpc) is 2.25. The Morgan fingerprint density at radius 1 is 1.62 bits per heavy atom. The second-order valence-corrected chi connectivity index (χ2v) is 3.67. The summed E-state index contributed by atoms with van der Waals surface area (Å²) in [5.41, 5.74) is 1.91. The smallest absolute Gasteiger partial charge is 0.339 e. The second kappa shape index (κ2) is 5.30. The molecule has 16 heavy (non-hydrogen) atoms. The molecule has 0 aromatic carbocycles. The molecule has 86 valence electrons. The molecule has 0 aliphatic carbocycles. The maximum Gasteiger partial charge on any atom is 0.339 e. The lowest BCUT2D eigenvalue weighted by Gasteiger charge is -2.24. The molecule has 0 amide bonds. The number of likely N-dealkylation sites (N-methyl/N-ethyl adjacent to an activating group) is 1. The molecule has 1 aromatic rings. The fourth-order valence-electron chi connectivity index (χ4n) is 1.52. The predicted octanol–water partition coefficient (Wildman–Crippen LogP) is 2.18. The largest absolute Gasteiger partial charge is 0.478 e. The molecular formula is C12H16N2O2. The van der Waals surface area contributed by atoms with Crippen molar-refractivity contribution in [2.24, 2.45) is 0 Å². The Kier molecular flexibility index (Phi) is 4.05. The fraction of sp³-hybridized carbons (Fsp3) is 0.333. The maximum absolute atomic E-state index is 11.0. The van der Waals surface area contributed by atoms with E-state index in [1.54, 1.807) is 12.3 Å². The molecule has 0 spiro atoms. The zero-order valence-electron chi connectivity index (χ0n) is 9.60. The number of hydrogen-bond acceptors (Lipinski definition) is 3. The minimum atomic E-state index is -0.955. The minimum Gasteiger partial charge on any atom is -0.478 e. The first-order valence-electron chi connectivity index (χ1n) is 5.13. The van der Waals surface area contributed by atoms with Gasteiger partial charge >= 0.3 is 5.97 Å². The van der Waals surface area contributed by atoms with E-state index >= 15 is 0 Å². The summed E-state index contributed by atoms with van der Waals surface area (Å²) in [4.78, 5) is 16.8. The number of rotatable bonds is 5. The molecule has 1 rings (SSSR count). The Morgan fingerprint density at radius 3 is 2.81 bits per heavy atom. The van der Waals surface area contributed by atoms with E-state index in [4.69, 9.17) is 5.11 Å². The molecule has 0 radical (unpaired) electrons. The summed E-state index contributed by atoms with van der Waals surface area (Å²) < 4.78 is 0. The topological polar surface area (TPSA) is 53.4 Å². The summed E-state index contributed by atoms with van der Waals surface area (Å²) in [6.45, 7) is 9.13. The van der Waals surface area contributed by atoms with Crippen molar-refractivity contribution in [3.8, 4) is 0 Å². The van der Waals surface area contributed by atoms with Crippen molar-refractivity contribution in [3.05, 3.63) is 36.2 Å². The predicted molar refractivity (Wildman–Crippen MR) is 63.9 cm³/mol. The Hall–Kier alpha value is -1.84. The summed E-state index contributed by atoms with van der Waals surface area (Å²) in [7, 11) is 0. The molecule has 0 saturated carbocycles. The Bertz CT molecular complexity index is 402. The van der Waals surface area contributed by atoms with E-state index in [1.165, 1.54) is 6.20 Å². The summed E-state index contributed by atoms with van der Waals surface area (Å²) in [5, 5.41) is 9.06. The van der Waals surface area contributed by atoms with Gasteiger partial charge in [0.25, 0.3) is 0 Å². The van der Waals surface area contributed by atoms with Gasteiger partial charge in [-0.15, -0.1) is 0 Å². The first-order valence-corrected chi connectivity index (χ1v) is 5.13. The van der Waals surface area contributed by atoms with Crippen LogP contribution in [0.2, 0.25) is 0 Å². The molecule has 0 saturated heterocycles. The normalized spacial score (nSPS) is 9.88. The van der Waals surface area contributed by atoms with E-state index in [0.29, 0.717) is 12.2 Å². The molecule has 0 unspecified atom stereocenters. The molecule has 1 N–H and O–H groups in total. The molecule has 1 heterocycles. The number of hydrogen-bond donors (Lipinski definition) is 1. The van der Waals surface area contributed by atoms with Crippen LogP contribution in [0.1, 0.15) is 24.2 Å². The van der Waals surface area contributed by atoms with Gasteiger partial charge in [-0.05, 0) is 19.9 Å². The summed E-state index contributed by atoms with van der Waals surface area (Å²) in [6.07, 6.45) is 2.97. The highest BCUT2D eigenvalue weighted by Gasteiger charge is 2.14. The Labute approximate surface area is 95.2 Å². The number of aromatic nitrogens is 1. The average molecular weight is 220 g/mol.